The molecule has 0 aromatic heterocycles. The van der Waals surface area contributed by atoms with Gasteiger partial charge in [0.05, 0.1) is 32.0 Å². The van der Waals surface area contributed by atoms with Crippen LogP contribution in [0.25, 0.3) is 0 Å². The monoisotopic (exact) mass is 856 g/mol. The highest BCUT2D eigenvalue weighted by Gasteiger charge is 2.50. The summed E-state index contributed by atoms with van der Waals surface area (Å²) in [6.07, 6.45) is 20.3. The van der Waals surface area contributed by atoms with E-state index in [0.29, 0.717) is 12.8 Å². The van der Waals surface area contributed by atoms with Crippen LogP contribution in [0.15, 0.2) is 48.6 Å². The molecule has 14 heteroatoms. The second-order valence-electron chi connectivity index (χ2n) is 16.2. The second-order valence-corrected chi connectivity index (χ2v) is 16.2. The third-order valence-corrected chi connectivity index (χ3v) is 11.0. The largest absolute Gasteiger partial charge is 0.394 e. The van der Waals surface area contributed by atoms with Crippen LogP contribution in [0.2, 0.25) is 0 Å². The first kappa shape index (κ1) is 54.1. The quantitative estimate of drug-likeness (QED) is 0.0327. The van der Waals surface area contributed by atoms with E-state index >= 15 is 0 Å². The van der Waals surface area contributed by atoms with Crippen LogP contribution in [0.5, 0.6) is 0 Å². The highest BCUT2D eigenvalue weighted by atomic mass is 16.7. The second kappa shape index (κ2) is 33.5. The first-order valence-electron chi connectivity index (χ1n) is 22.9. The molecule has 348 valence electrons. The molecule has 9 N–H and O–H groups in total. The predicted molar refractivity (Wildman–Crippen MR) is 231 cm³/mol. The Balaban J connectivity index is 1.87. The number of carbonyl (C=O) groups excluding carboxylic acids is 1. The topological polar surface area (TPSA) is 228 Å². The molecule has 2 rings (SSSR count). The minimum atomic E-state index is -1.79. The summed E-state index contributed by atoms with van der Waals surface area (Å²) in [5.41, 5.74) is 0. The molecule has 0 aromatic carbocycles. The zero-order valence-corrected chi connectivity index (χ0v) is 36.4. The SMILES string of the molecule is CCCCC/C=C\C/C=C\CCCCCCCCCC(=O)NC(COC1OC(CO)C(OC2OC(CO)C(O)C(O)C2O)C(O)C1O)C(O)/C=C/CC/C=C/CCCCC. The van der Waals surface area contributed by atoms with Crippen molar-refractivity contribution >= 4 is 5.91 Å². The first-order chi connectivity index (χ1) is 29.1. The summed E-state index contributed by atoms with van der Waals surface area (Å²) in [7, 11) is 0. The molecule has 0 bridgehead atoms. The summed E-state index contributed by atoms with van der Waals surface area (Å²) in [6, 6.07) is -0.933. The van der Waals surface area contributed by atoms with Gasteiger partial charge < -0.3 is 65.1 Å². The molecule has 14 nitrogen and oxygen atoms in total. The van der Waals surface area contributed by atoms with E-state index in [1.165, 1.54) is 51.4 Å². The average molecular weight is 856 g/mol. The lowest BCUT2D eigenvalue weighted by atomic mass is 9.97. The maximum absolute atomic E-state index is 13.1. The molecule has 2 fully saturated rings. The standard InChI is InChI=1S/C46H81NO13/c1-3-5-7-9-11-13-14-15-16-17-18-19-20-22-24-26-28-30-38(51)47-34(35(50)29-27-25-23-21-12-10-8-6-4-2)33-57-45-43(56)41(54)44(37(32-49)59-45)60-46-42(55)40(53)39(52)36(31-48)58-46/h11-13,15-16,21,27,29,34-37,39-46,48-50,52-56H,3-10,14,17-20,22-26,28,30-33H2,1-2H3,(H,47,51)/b13-11-,16-15-,21-12+,29-27+. The highest BCUT2D eigenvalue weighted by Crippen LogP contribution is 2.30. The van der Waals surface area contributed by atoms with Gasteiger partial charge in [-0.25, -0.2) is 0 Å². The van der Waals surface area contributed by atoms with Crippen LogP contribution >= 0.6 is 0 Å². The molecule has 2 aliphatic rings. The predicted octanol–water partition coefficient (Wildman–Crippen LogP) is 4.54. The smallest absolute Gasteiger partial charge is 0.220 e. The van der Waals surface area contributed by atoms with Crippen LogP contribution in [0.3, 0.4) is 0 Å². The number of hydrogen-bond donors (Lipinski definition) is 9. The molecule has 60 heavy (non-hydrogen) atoms. The lowest BCUT2D eigenvalue weighted by Crippen LogP contribution is -2.65. The van der Waals surface area contributed by atoms with Crippen molar-refractivity contribution in [3.63, 3.8) is 0 Å². The Hall–Kier alpha value is -2.05. The van der Waals surface area contributed by atoms with Crippen LogP contribution in [-0.4, -0.2) is 140 Å². The Bertz CT molecular complexity index is 1200. The van der Waals surface area contributed by atoms with Crippen molar-refractivity contribution in [3.8, 4) is 0 Å². The molecular weight excluding hydrogens is 774 g/mol. The molecule has 0 saturated carbocycles. The van der Waals surface area contributed by atoms with Crippen LogP contribution in [0.4, 0.5) is 0 Å². The molecular formula is C46H81NO13. The van der Waals surface area contributed by atoms with E-state index in [1.807, 2.05) is 6.08 Å². The van der Waals surface area contributed by atoms with Crippen molar-refractivity contribution in [2.24, 2.45) is 0 Å². The molecule has 12 atom stereocenters. The Labute approximate surface area is 359 Å². The summed E-state index contributed by atoms with van der Waals surface area (Å²) >= 11 is 0. The maximum atomic E-state index is 13.1. The van der Waals surface area contributed by atoms with Crippen molar-refractivity contribution in [3.05, 3.63) is 48.6 Å². The van der Waals surface area contributed by atoms with Gasteiger partial charge in [-0.15, -0.1) is 0 Å². The number of rotatable bonds is 33. The van der Waals surface area contributed by atoms with Crippen LogP contribution < -0.4 is 5.32 Å². The first-order valence-corrected chi connectivity index (χ1v) is 22.9. The van der Waals surface area contributed by atoms with Gasteiger partial charge in [0.1, 0.15) is 48.8 Å². The van der Waals surface area contributed by atoms with Gasteiger partial charge in [-0.3, -0.25) is 4.79 Å². The molecule has 0 aromatic rings. The third-order valence-electron chi connectivity index (χ3n) is 11.0. The number of allylic oxidation sites excluding steroid dienone is 7. The van der Waals surface area contributed by atoms with Gasteiger partial charge in [0.25, 0.3) is 0 Å². The van der Waals surface area contributed by atoms with E-state index in [9.17, 15) is 45.6 Å². The van der Waals surface area contributed by atoms with E-state index in [0.717, 1.165) is 57.8 Å². The average Bonchev–Trinajstić information content (AvgIpc) is 3.24. The van der Waals surface area contributed by atoms with E-state index in [-0.39, 0.29) is 18.9 Å². The number of aliphatic hydroxyl groups excluding tert-OH is 8. The fraction of sp³-hybridized carbons (Fsp3) is 0.804. The summed E-state index contributed by atoms with van der Waals surface area (Å²) in [5, 5.41) is 86.3. The van der Waals surface area contributed by atoms with Crippen LogP contribution in [0.1, 0.15) is 142 Å². The zero-order valence-electron chi connectivity index (χ0n) is 36.4. The fourth-order valence-electron chi connectivity index (χ4n) is 7.16. The number of amides is 1. The highest BCUT2D eigenvalue weighted by molar-refractivity contribution is 5.76. The van der Waals surface area contributed by atoms with Crippen LogP contribution in [0, 0.1) is 0 Å². The lowest BCUT2D eigenvalue weighted by molar-refractivity contribution is -0.359. The van der Waals surface area contributed by atoms with Gasteiger partial charge in [0, 0.05) is 6.42 Å². The van der Waals surface area contributed by atoms with Gasteiger partial charge >= 0.3 is 0 Å². The fourth-order valence-corrected chi connectivity index (χ4v) is 7.16. The summed E-state index contributed by atoms with van der Waals surface area (Å²) in [6.45, 7) is 2.64. The number of carbonyl (C=O) groups is 1. The van der Waals surface area contributed by atoms with Crippen molar-refractivity contribution in [2.75, 3.05) is 19.8 Å². The number of nitrogens with one attached hydrogen (secondary N) is 1. The zero-order chi connectivity index (χ0) is 44.0. The Morgan fingerprint density at radius 3 is 1.73 bits per heavy atom. The molecule has 12 unspecified atom stereocenters. The molecule has 2 saturated heterocycles. The van der Waals surface area contributed by atoms with Gasteiger partial charge in [0.15, 0.2) is 12.6 Å². The summed E-state index contributed by atoms with van der Waals surface area (Å²) in [5.74, 6) is -0.264. The number of hydrogen-bond acceptors (Lipinski definition) is 13. The van der Waals surface area contributed by atoms with Gasteiger partial charge in [-0.2, -0.15) is 0 Å². The van der Waals surface area contributed by atoms with E-state index in [1.54, 1.807) is 6.08 Å². The Morgan fingerprint density at radius 2 is 1.12 bits per heavy atom. The van der Waals surface area contributed by atoms with Gasteiger partial charge in [-0.05, 0) is 64.2 Å². The van der Waals surface area contributed by atoms with Crippen molar-refractivity contribution < 1.29 is 64.6 Å². The number of ether oxygens (including phenoxy) is 4. The maximum Gasteiger partial charge on any atom is 0.220 e. The summed E-state index contributed by atoms with van der Waals surface area (Å²) in [4.78, 5) is 13.1. The minimum absolute atomic E-state index is 0.262. The van der Waals surface area contributed by atoms with Crippen LogP contribution in [-0.2, 0) is 23.7 Å². The number of aliphatic hydroxyl groups is 8. The molecule has 0 spiro atoms. The Kier molecular flexibility index (Phi) is 30.2. The molecule has 1 amide bonds. The summed E-state index contributed by atoms with van der Waals surface area (Å²) < 4.78 is 22.6. The van der Waals surface area contributed by atoms with Gasteiger partial charge in [0.2, 0.25) is 5.91 Å². The number of unbranched alkanes of at least 4 members (excludes halogenated alkanes) is 14. The van der Waals surface area contributed by atoms with Crippen molar-refractivity contribution in [2.45, 2.75) is 216 Å². The minimum Gasteiger partial charge on any atom is -0.394 e. The van der Waals surface area contributed by atoms with E-state index in [4.69, 9.17) is 18.9 Å². The molecule has 2 heterocycles. The molecule has 0 radical (unpaired) electrons. The van der Waals surface area contributed by atoms with E-state index < -0.39 is 86.8 Å². The normalized spacial score (nSPS) is 28.7. The third kappa shape index (κ3) is 21.4. The van der Waals surface area contributed by atoms with Gasteiger partial charge in [-0.1, -0.05) is 120 Å². The molecule has 0 aliphatic carbocycles. The lowest BCUT2D eigenvalue weighted by Gasteiger charge is -2.46. The Morgan fingerprint density at radius 1 is 0.600 bits per heavy atom. The van der Waals surface area contributed by atoms with Crippen molar-refractivity contribution in [1.29, 1.82) is 0 Å². The van der Waals surface area contributed by atoms with Crippen molar-refractivity contribution in [1.82, 2.24) is 5.32 Å². The van der Waals surface area contributed by atoms with E-state index in [2.05, 4.69) is 55.6 Å². The molecule has 2 aliphatic heterocycles.